The molecule has 0 spiro atoms. The predicted octanol–water partition coefficient (Wildman–Crippen LogP) is 3.79. The zero-order valence-electron chi connectivity index (χ0n) is 13.3. The van der Waals surface area contributed by atoms with Gasteiger partial charge in [-0.15, -0.1) is 0 Å². The van der Waals surface area contributed by atoms with Gasteiger partial charge in [-0.05, 0) is 18.8 Å². The minimum Gasteiger partial charge on any atom is -0.310 e. The summed E-state index contributed by atoms with van der Waals surface area (Å²) in [6.07, 6.45) is 1.94. The van der Waals surface area contributed by atoms with Gasteiger partial charge in [0.15, 0.2) is 0 Å². The van der Waals surface area contributed by atoms with Gasteiger partial charge in [0.25, 0.3) is 5.92 Å². The minimum atomic E-state index is -2.93. The van der Waals surface area contributed by atoms with E-state index in [-0.39, 0.29) is 24.7 Å². The monoisotopic (exact) mass is 345 g/mol. The van der Waals surface area contributed by atoms with E-state index in [1.807, 2.05) is 0 Å². The SMILES string of the molecule is Cn1nc(C2CC(F)(F)C2)c(C2CCC2)c1NC(=O)[C@H]1CC1(F)F. The molecule has 0 aromatic carbocycles. The Labute approximate surface area is 136 Å². The molecule has 0 bridgehead atoms. The summed E-state index contributed by atoms with van der Waals surface area (Å²) in [7, 11) is 1.61. The molecule has 3 fully saturated rings. The smallest absolute Gasteiger partial charge is 0.260 e. The van der Waals surface area contributed by atoms with Gasteiger partial charge < -0.3 is 5.32 Å². The summed E-state index contributed by atoms with van der Waals surface area (Å²) in [5.74, 6) is -7.35. The average Bonchev–Trinajstić information content (AvgIpc) is 2.93. The van der Waals surface area contributed by atoms with Crippen LogP contribution >= 0.6 is 0 Å². The molecule has 3 saturated carbocycles. The van der Waals surface area contributed by atoms with Crippen molar-refractivity contribution in [1.29, 1.82) is 0 Å². The van der Waals surface area contributed by atoms with Crippen LogP contribution in [0.2, 0.25) is 0 Å². The van der Waals surface area contributed by atoms with Crippen LogP contribution in [0.15, 0.2) is 0 Å². The zero-order chi connectivity index (χ0) is 17.3. The third-order valence-corrected chi connectivity index (χ3v) is 5.49. The van der Waals surface area contributed by atoms with Crippen LogP contribution in [0.25, 0.3) is 0 Å². The van der Waals surface area contributed by atoms with E-state index < -0.39 is 30.1 Å². The standard InChI is InChI=1S/C16H19F4N3O/c1-23-13(21-14(24)10-7-16(10,19)20)11(8-3-2-4-8)12(22-23)9-5-15(17,18)6-9/h8-10H,2-7H2,1H3,(H,21,24)/t10-/m1/s1. The number of nitrogens with zero attached hydrogens (tertiary/aromatic N) is 2. The number of hydrogen-bond donors (Lipinski definition) is 1. The lowest BCUT2D eigenvalue weighted by Crippen LogP contribution is -2.34. The quantitative estimate of drug-likeness (QED) is 0.844. The molecule has 0 unspecified atom stereocenters. The molecule has 1 amide bonds. The molecule has 1 aromatic rings. The Bertz CT molecular complexity index is 688. The van der Waals surface area contributed by atoms with Gasteiger partial charge in [0.2, 0.25) is 11.8 Å². The van der Waals surface area contributed by atoms with Crippen LogP contribution in [0.4, 0.5) is 23.4 Å². The number of alkyl halides is 4. The molecule has 3 aliphatic rings. The molecule has 3 aliphatic carbocycles. The molecule has 4 rings (SSSR count). The van der Waals surface area contributed by atoms with Gasteiger partial charge in [-0.3, -0.25) is 9.48 Å². The Balaban J connectivity index is 1.61. The van der Waals surface area contributed by atoms with Gasteiger partial charge in [-0.1, -0.05) is 6.42 Å². The Hall–Kier alpha value is -1.60. The van der Waals surface area contributed by atoms with Gasteiger partial charge >= 0.3 is 0 Å². The molecular weight excluding hydrogens is 326 g/mol. The first-order valence-corrected chi connectivity index (χ1v) is 8.31. The summed E-state index contributed by atoms with van der Waals surface area (Å²) in [6.45, 7) is 0. The van der Waals surface area contributed by atoms with Crippen molar-refractivity contribution in [2.75, 3.05) is 5.32 Å². The first-order valence-electron chi connectivity index (χ1n) is 8.31. The molecule has 4 nitrogen and oxygen atoms in total. The van der Waals surface area contributed by atoms with Crippen LogP contribution in [0.1, 0.15) is 61.6 Å². The number of hydrogen-bond acceptors (Lipinski definition) is 2. The van der Waals surface area contributed by atoms with Gasteiger partial charge in [0.1, 0.15) is 11.7 Å². The third-order valence-electron chi connectivity index (χ3n) is 5.49. The van der Waals surface area contributed by atoms with E-state index in [0.717, 1.165) is 24.8 Å². The van der Waals surface area contributed by atoms with Gasteiger partial charge in [0, 0.05) is 37.8 Å². The first-order chi connectivity index (χ1) is 11.2. The highest BCUT2D eigenvalue weighted by atomic mass is 19.3. The molecule has 0 aliphatic heterocycles. The third kappa shape index (κ3) is 2.50. The molecule has 1 N–H and O–H groups in total. The van der Waals surface area contributed by atoms with Gasteiger partial charge in [-0.2, -0.15) is 5.10 Å². The second kappa shape index (κ2) is 4.95. The Morgan fingerprint density at radius 3 is 2.25 bits per heavy atom. The summed E-state index contributed by atoms with van der Waals surface area (Å²) < 4.78 is 54.1. The Kier molecular flexibility index (Phi) is 3.28. The van der Waals surface area contributed by atoms with Crippen LogP contribution in [-0.2, 0) is 11.8 Å². The highest BCUT2D eigenvalue weighted by molar-refractivity contribution is 5.95. The lowest BCUT2D eigenvalue weighted by atomic mass is 9.73. The van der Waals surface area contributed by atoms with Crippen molar-refractivity contribution >= 4 is 11.7 Å². The lowest BCUT2D eigenvalue weighted by Gasteiger charge is -2.36. The van der Waals surface area contributed by atoms with E-state index in [9.17, 15) is 22.4 Å². The van der Waals surface area contributed by atoms with Crippen molar-refractivity contribution in [1.82, 2.24) is 9.78 Å². The van der Waals surface area contributed by atoms with Crippen molar-refractivity contribution in [2.45, 2.75) is 62.2 Å². The minimum absolute atomic E-state index is 0.165. The van der Waals surface area contributed by atoms with Crippen LogP contribution in [0, 0.1) is 5.92 Å². The lowest BCUT2D eigenvalue weighted by molar-refractivity contribution is -0.119. The number of aryl methyl sites for hydroxylation is 1. The molecule has 1 atom stereocenters. The van der Waals surface area contributed by atoms with E-state index in [1.54, 1.807) is 7.05 Å². The van der Waals surface area contributed by atoms with E-state index >= 15 is 0 Å². The van der Waals surface area contributed by atoms with Crippen LogP contribution in [-0.4, -0.2) is 27.5 Å². The summed E-state index contributed by atoms with van der Waals surface area (Å²) >= 11 is 0. The van der Waals surface area contributed by atoms with Crippen LogP contribution in [0.5, 0.6) is 0 Å². The highest BCUT2D eigenvalue weighted by Crippen LogP contribution is 2.53. The number of aromatic nitrogens is 2. The highest BCUT2D eigenvalue weighted by Gasteiger charge is 2.61. The summed E-state index contributed by atoms with van der Waals surface area (Å²) in [6, 6.07) is 0. The number of rotatable bonds is 4. The maximum absolute atomic E-state index is 13.2. The molecule has 1 aromatic heterocycles. The largest absolute Gasteiger partial charge is 0.310 e. The molecule has 24 heavy (non-hydrogen) atoms. The number of amides is 1. The molecule has 0 radical (unpaired) electrons. The van der Waals surface area contributed by atoms with Crippen molar-refractivity contribution in [3.05, 3.63) is 11.3 Å². The summed E-state index contributed by atoms with van der Waals surface area (Å²) in [4.78, 5) is 12.0. The Morgan fingerprint density at radius 2 is 1.79 bits per heavy atom. The number of carbonyl (C=O) groups excluding carboxylic acids is 1. The Morgan fingerprint density at radius 1 is 1.17 bits per heavy atom. The fourth-order valence-corrected chi connectivity index (χ4v) is 3.67. The number of halogens is 4. The maximum atomic E-state index is 13.2. The fraction of sp³-hybridized carbons (Fsp3) is 0.750. The van der Waals surface area contributed by atoms with Crippen molar-refractivity contribution < 1.29 is 22.4 Å². The fourth-order valence-electron chi connectivity index (χ4n) is 3.67. The van der Waals surface area contributed by atoms with E-state index in [2.05, 4.69) is 10.4 Å². The topological polar surface area (TPSA) is 46.9 Å². The zero-order valence-corrected chi connectivity index (χ0v) is 13.3. The second-order valence-electron chi connectivity index (χ2n) is 7.37. The van der Waals surface area contributed by atoms with Gasteiger partial charge in [-0.25, -0.2) is 17.6 Å². The molecule has 8 heteroatoms. The number of carbonyl (C=O) groups is 1. The van der Waals surface area contributed by atoms with Crippen molar-refractivity contribution in [3.8, 4) is 0 Å². The molecule has 132 valence electrons. The number of nitrogens with one attached hydrogen (secondary N) is 1. The normalized spacial score (nSPS) is 28.1. The van der Waals surface area contributed by atoms with E-state index in [1.165, 1.54) is 4.68 Å². The van der Waals surface area contributed by atoms with Gasteiger partial charge in [0.05, 0.1) is 5.69 Å². The molecule has 0 saturated heterocycles. The number of anilines is 1. The summed E-state index contributed by atoms with van der Waals surface area (Å²) in [5, 5.41) is 6.94. The second-order valence-corrected chi connectivity index (χ2v) is 7.37. The van der Waals surface area contributed by atoms with Crippen LogP contribution in [0.3, 0.4) is 0 Å². The predicted molar refractivity (Wildman–Crippen MR) is 78.4 cm³/mol. The van der Waals surface area contributed by atoms with Crippen LogP contribution < -0.4 is 5.32 Å². The van der Waals surface area contributed by atoms with E-state index in [4.69, 9.17) is 0 Å². The van der Waals surface area contributed by atoms with E-state index in [0.29, 0.717) is 11.5 Å². The van der Waals surface area contributed by atoms with Crippen molar-refractivity contribution in [2.24, 2.45) is 13.0 Å². The van der Waals surface area contributed by atoms with Crippen molar-refractivity contribution in [3.63, 3.8) is 0 Å². The molecular formula is C16H19F4N3O. The first kappa shape index (κ1) is 15.9. The maximum Gasteiger partial charge on any atom is 0.260 e. The average molecular weight is 345 g/mol. The molecule has 1 heterocycles. The summed E-state index contributed by atoms with van der Waals surface area (Å²) in [5.41, 5.74) is 1.38.